The maximum absolute atomic E-state index is 4.94. The predicted molar refractivity (Wildman–Crippen MR) is 86.6 cm³/mol. The average Bonchev–Trinajstić information content (AvgIpc) is 2.76. The summed E-state index contributed by atoms with van der Waals surface area (Å²) in [5.41, 5.74) is 3.92. The Bertz CT molecular complexity index is 639. The van der Waals surface area contributed by atoms with Crippen LogP contribution in [0.25, 0.3) is 11.0 Å². The number of fused-ring (bicyclic) bond motifs is 3. The van der Waals surface area contributed by atoms with E-state index in [0.29, 0.717) is 0 Å². The van der Waals surface area contributed by atoms with Gasteiger partial charge in [-0.2, -0.15) is 0 Å². The van der Waals surface area contributed by atoms with Crippen molar-refractivity contribution in [2.45, 2.75) is 58.0 Å². The van der Waals surface area contributed by atoms with Gasteiger partial charge in [0.15, 0.2) is 0 Å². The van der Waals surface area contributed by atoms with Crippen LogP contribution < -0.4 is 0 Å². The summed E-state index contributed by atoms with van der Waals surface area (Å²) in [6.07, 6.45) is 7.71. The summed E-state index contributed by atoms with van der Waals surface area (Å²) in [6.45, 7) is 5.79. The first-order valence-corrected chi connectivity index (χ1v) is 8.57. The number of hydrogen-bond acceptors (Lipinski definition) is 2. The molecule has 0 N–H and O–H groups in total. The third-order valence-corrected chi connectivity index (χ3v) is 5.34. The van der Waals surface area contributed by atoms with Crippen molar-refractivity contribution in [3.63, 3.8) is 0 Å². The second kappa shape index (κ2) is 5.45. The van der Waals surface area contributed by atoms with E-state index < -0.39 is 0 Å². The molecule has 4 rings (SSSR count). The smallest absolute Gasteiger partial charge is 0.111 e. The van der Waals surface area contributed by atoms with Crippen molar-refractivity contribution in [3.05, 3.63) is 29.6 Å². The molecule has 2 heterocycles. The van der Waals surface area contributed by atoms with Gasteiger partial charge < -0.3 is 4.57 Å². The molecule has 0 radical (unpaired) electrons. The normalized spacial score (nSPS) is 20.8. The Labute approximate surface area is 127 Å². The van der Waals surface area contributed by atoms with E-state index in [1.54, 1.807) is 0 Å². The number of rotatable bonds is 2. The zero-order valence-electron chi connectivity index (χ0n) is 13.0. The van der Waals surface area contributed by atoms with Gasteiger partial charge in [-0.15, -0.1) is 0 Å². The Hall–Kier alpha value is -1.35. The van der Waals surface area contributed by atoms with Crippen molar-refractivity contribution in [1.82, 2.24) is 14.5 Å². The average molecular weight is 283 g/mol. The van der Waals surface area contributed by atoms with Gasteiger partial charge in [0, 0.05) is 32.1 Å². The van der Waals surface area contributed by atoms with Gasteiger partial charge in [-0.05, 0) is 43.4 Å². The first-order chi connectivity index (χ1) is 10.3. The van der Waals surface area contributed by atoms with Crippen LogP contribution in [0.15, 0.2) is 18.2 Å². The predicted octanol–water partition coefficient (Wildman–Crippen LogP) is 3.40. The standard InChI is InChI=1S/C18H25N3/c1-2-14-7-8-17-16(13-14)19-18-9-12-20(15-5-3-6-15)10-4-11-21(17)18/h7-8,13,15H,2-6,9-12H2,1H3. The fraction of sp³-hybridized carbons (Fsp3) is 0.611. The maximum Gasteiger partial charge on any atom is 0.111 e. The fourth-order valence-electron chi connectivity index (χ4n) is 3.79. The number of benzene rings is 1. The third-order valence-electron chi connectivity index (χ3n) is 5.34. The lowest BCUT2D eigenvalue weighted by atomic mass is 9.91. The van der Waals surface area contributed by atoms with E-state index in [9.17, 15) is 0 Å². The Morgan fingerprint density at radius 2 is 2.05 bits per heavy atom. The molecule has 0 bridgehead atoms. The minimum absolute atomic E-state index is 0.868. The molecular weight excluding hydrogens is 258 g/mol. The summed E-state index contributed by atoms with van der Waals surface area (Å²) in [6, 6.07) is 7.68. The number of aryl methyl sites for hydroxylation is 2. The first-order valence-electron chi connectivity index (χ1n) is 8.57. The fourth-order valence-corrected chi connectivity index (χ4v) is 3.79. The van der Waals surface area contributed by atoms with Crippen LogP contribution in [0.1, 0.15) is 44.0 Å². The molecule has 2 aromatic rings. The van der Waals surface area contributed by atoms with E-state index in [0.717, 1.165) is 25.4 Å². The van der Waals surface area contributed by atoms with Crippen LogP contribution in [-0.2, 0) is 19.4 Å². The minimum atomic E-state index is 0.868. The molecule has 3 nitrogen and oxygen atoms in total. The van der Waals surface area contributed by atoms with Crippen LogP contribution in [0.2, 0.25) is 0 Å². The summed E-state index contributed by atoms with van der Waals surface area (Å²) < 4.78 is 2.47. The molecule has 0 saturated heterocycles. The molecule has 1 saturated carbocycles. The number of imidazole rings is 1. The zero-order valence-corrected chi connectivity index (χ0v) is 13.0. The van der Waals surface area contributed by atoms with Crippen LogP contribution in [0.3, 0.4) is 0 Å². The van der Waals surface area contributed by atoms with E-state index in [1.165, 1.54) is 61.2 Å². The molecule has 1 aliphatic carbocycles. The van der Waals surface area contributed by atoms with Crippen LogP contribution in [0.4, 0.5) is 0 Å². The van der Waals surface area contributed by atoms with Gasteiger partial charge in [0.1, 0.15) is 5.82 Å². The van der Waals surface area contributed by atoms with Crippen molar-refractivity contribution in [2.24, 2.45) is 0 Å². The number of hydrogen-bond donors (Lipinski definition) is 0. The Morgan fingerprint density at radius 3 is 2.81 bits per heavy atom. The largest absolute Gasteiger partial charge is 0.328 e. The molecule has 1 aromatic carbocycles. The Kier molecular flexibility index (Phi) is 3.46. The van der Waals surface area contributed by atoms with Gasteiger partial charge in [-0.3, -0.25) is 4.90 Å². The topological polar surface area (TPSA) is 21.1 Å². The molecule has 0 atom stereocenters. The van der Waals surface area contributed by atoms with Crippen LogP contribution in [0, 0.1) is 0 Å². The SMILES string of the molecule is CCc1ccc2c(c1)nc1n2CCCN(C2CCC2)CC1. The minimum Gasteiger partial charge on any atom is -0.328 e. The summed E-state index contributed by atoms with van der Waals surface area (Å²) in [5, 5.41) is 0. The highest BCUT2D eigenvalue weighted by Gasteiger charge is 2.26. The molecule has 3 heteroatoms. The molecule has 0 amide bonds. The number of aromatic nitrogens is 2. The highest BCUT2D eigenvalue weighted by atomic mass is 15.2. The van der Waals surface area contributed by atoms with Crippen molar-refractivity contribution < 1.29 is 0 Å². The van der Waals surface area contributed by atoms with Gasteiger partial charge in [-0.1, -0.05) is 19.4 Å². The zero-order chi connectivity index (χ0) is 14.2. The van der Waals surface area contributed by atoms with Gasteiger partial charge in [0.05, 0.1) is 11.0 Å². The van der Waals surface area contributed by atoms with Crippen LogP contribution in [-0.4, -0.2) is 33.6 Å². The van der Waals surface area contributed by atoms with Crippen molar-refractivity contribution >= 4 is 11.0 Å². The monoisotopic (exact) mass is 283 g/mol. The summed E-state index contributed by atoms with van der Waals surface area (Å²) in [4.78, 5) is 7.65. The highest BCUT2D eigenvalue weighted by Crippen LogP contribution is 2.27. The van der Waals surface area contributed by atoms with Gasteiger partial charge in [0.25, 0.3) is 0 Å². The molecule has 2 aliphatic rings. The molecule has 0 spiro atoms. The lowest BCUT2D eigenvalue weighted by Gasteiger charge is -2.38. The summed E-state index contributed by atoms with van der Waals surface area (Å²) in [7, 11) is 0. The van der Waals surface area contributed by atoms with E-state index in [4.69, 9.17) is 4.98 Å². The van der Waals surface area contributed by atoms with Crippen molar-refractivity contribution in [3.8, 4) is 0 Å². The second-order valence-corrected chi connectivity index (χ2v) is 6.58. The van der Waals surface area contributed by atoms with Gasteiger partial charge in [-0.25, -0.2) is 4.98 Å². The molecule has 1 aliphatic heterocycles. The quantitative estimate of drug-likeness (QED) is 0.842. The van der Waals surface area contributed by atoms with E-state index in [1.807, 2.05) is 0 Å². The lowest BCUT2D eigenvalue weighted by molar-refractivity contribution is 0.120. The first kappa shape index (κ1) is 13.3. The maximum atomic E-state index is 4.94. The van der Waals surface area contributed by atoms with Crippen molar-refractivity contribution in [1.29, 1.82) is 0 Å². The summed E-state index contributed by atoms with van der Waals surface area (Å²) in [5.74, 6) is 1.29. The number of nitrogens with zero attached hydrogens (tertiary/aromatic N) is 3. The molecule has 112 valence electrons. The van der Waals surface area contributed by atoms with E-state index in [-0.39, 0.29) is 0 Å². The van der Waals surface area contributed by atoms with Gasteiger partial charge in [0.2, 0.25) is 0 Å². The lowest BCUT2D eigenvalue weighted by Crippen LogP contribution is -2.43. The van der Waals surface area contributed by atoms with Gasteiger partial charge >= 0.3 is 0 Å². The molecule has 0 unspecified atom stereocenters. The summed E-state index contributed by atoms with van der Waals surface area (Å²) >= 11 is 0. The van der Waals surface area contributed by atoms with E-state index in [2.05, 4.69) is 34.6 Å². The molecular formula is C18H25N3. The van der Waals surface area contributed by atoms with Crippen molar-refractivity contribution in [2.75, 3.05) is 13.1 Å². The highest BCUT2D eigenvalue weighted by molar-refractivity contribution is 5.77. The molecule has 1 aromatic heterocycles. The third kappa shape index (κ3) is 2.38. The second-order valence-electron chi connectivity index (χ2n) is 6.58. The molecule has 1 fully saturated rings. The van der Waals surface area contributed by atoms with Crippen LogP contribution in [0.5, 0.6) is 0 Å². The Morgan fingerprint density at radius 1 is 1.14 bits per heavy atom. The van der Waals surface area contributed by atoms with E-state index >= 15 is 0 Å². The van der Waals surface area contributed by atoms with Crippen LogP contribution >= 0.6 is 0 Å². The Balaban J connectivity index is 1.63. The molecule has 21 heavy (non-hydrogen) atoms.